The van der Waals surface area contributed by atoms with Crippen LogP contribution in [0.25, 0.3) is 0 Å². The number of nitrogens with one attached hydrogen (secondary N) is 1. The summed E-state index contributed by atoms with van der Waals surface area (Å²) in [4.78, 5) is 10.2. The largest absolute Gasteiger partial charge is 0.310 e. The van der Waals surface area contributed by atoms with Crippen LogP contribution in [0.1, 0.15) is 38.7 Å². The Balaban J connectivity index is 1.95. The summed E-state index contributed by atoms with van der Waals surface area (Å²) in [6.45, 7) is 5.01. The fourth-order valence-corrected chi connectivity index (χ4v) is 2.84. The van der Waals surface area contributed by atoms with E-state index in [1.165, 1.54) is 18.6 Å². The van der Waals surface area contributed by atoms with Crippen LogP contribution in [0.15, 0.2) is 18.2 Å². The highest BCUT2D eigenvalue weighted by molar-refractivity contribution is 5.35. The Morgan fingerprint density at radius 3 is 2.70 bits per heavy atom. The normalized spacial score (nSPS) is 26.4. The van der Waals surface area contributed by atoms with Gasteiger partial charge in [-0.3, -0.25) is 10.1 Å². The minimum atomic E-state index is -0.559. The van der Waals surface area contributed by atoms with Crippen molar-refractivity contribution in [1.82, 2.24) is 5.32 Å². The molecule has 1 aromatic carbocycles. The summed E-state index contributed by atoms with van der Waals surface area (Å²) >= 11 is 0. The number of benzene rings is 1. The molecule has 1 aromatic rings. The van der Waals surface area contributed by atoms with Crippen LogP contribution in [0.2, 0.25) is 0 Å². The third kappa shape index (κ3) is 3.76. The number of nitrogens with zero attached hydrogens (tertiary/aromatic N) is 1. The fourth-order valence-electron chi connectivity index (χ4n) is 2.84. The molecule has 0 heterocycles. The van der Waals surface area contributed by atoms with Crippen LogP contribution in [-0.2, 0) is 6.54 Å². The summed E-state index contributed by atoms with van der Waals surface area (Å²) in [5.41, 5.74) is 0.440. The molecule has 110 valence electrons. The van der Waals surface area contributed by atoms with Crippen LogP contribution in [0.3, 0.4) is 0 Å². The molecule has 1 aliphatic rings. The molecule has 0 radical (unpaired) electrons. The summed E-state index contributed by atoms with van der Waals surface area (Å²) in [6, 6.07) is 4.16. The van der Waals surface area contributed by atoms with Gasteiger partial charge in [0.15, 0.2) is 0 Å². The van der Waals surface area contributed by atoms with Gasteiger partial charge < -0.3 is 5.32 Å². The van der Waals surface area contributed by atoms with Gasteiger partial charge in [0.25, 0.3) is 5.69 Å². The second kappa shape index (κ2) is 6.31. The van der Waals surface area contributed by atoms with Gasteiger partial charge in [0.05, 0.1) is 11.0 Å². The van der Waals surface area contributed by atoms with Crippen molar-refractivity contribution in [2.45, 2.75) is 45.7 Å². The van der Waals surface area contributed by atoms with E-state index in [0.717, 1.165) is 24.8 Å². The van der Waals surface area contributed by atoms with Crippen molar-refractivity contribution >= 4 is 5.69 Å². The zero-order chi connectivity index (χ0) is 14.7. The molecule has 1 aliphatic carbocycles. The maximum atomic E-state index is 13.3. The Kier molecular flexibility index (Phi) is 4.70. The highest BCUT2D eigenvalue weighted by Gasteiger charge is 2.24. The maximum Gasteiger partial charge on any atom is 0.272 e. The monoisotopic (exact) mass is 280 g/mol. The number of hydrogen-bond donors (Lipinski definition) is 1. The molecule has 0 bridgehead atoms. The second-order valence-electron chi connectivity index (χ2n) is 5.92. The van der Waals surface area contributed by atoms with Gasteiger partial charge in [0.2, 0.25) is 0 Å². The number of non-ortho nitro benzene ring substituents is 1. The molecule has 20 heavy (non-hydrogen) atoms. The molecule has 4 nitrogen and oxygen atoms in total. The summed E-state index contributed by atoms with van der Waals surface area (Å²) in [6.07, 6.45) is 3.42. The average Bonchev–Trinajstić information content (AvgIpc) is 2.39. The average molecular weight is 280 g/mol. The van der Waals surface area contributed by atoms with Crippen molar-refractivity contribution in [3.05, 3.63) is 39.7 Å². The van der Waals surface area contributed by atoms with Crippen LogP contribution in [0.4, 0.5) is 10.1 Å². The molecule has 1 saturated carbocycles. The summed E-state index contributed by atoms with van der Waals surface area (Å²) in [7, 11) is 0. The van der Waals surface area contributed by atoms with Gasteiger partial charge >= 0.3 is 0 Å². The van der Waals surface area contributed by atoms with Gasteiger partial charge in [-0.1, -0.05) is 13.8 Å². The smallest absolute Gasteiger partial charge is 0.272 e. The van der Waals surface area contributed by atoms with Gasteiger partial charge in [-0.25, -0.2) is 4.39 Å². The Morgan fingerprint density at radius 1 is 1.30 bits per heavy atom. The summed E-state index contributed by atoms with van der Waals surface area (Å²) < 4.78 is 13.3. The third-order valence-corrected chi connectivity index (χ3v) is 4.35. The third-order valence-electron chi connectivity index (χ3n) is 4.35. The van der Waals surface area contributed by atoms with Crippen molar-refractivity contribution in [2.75, 3.05) is 0 Å². The Labute approximate surface area is 118 Å². The summed E-state index contributed by atoms with van der Waals surface area (Å²) in [5.74, 6) is 0.882. The van der Waals surface area contributed by atoms with Crippen molar-refractivity contribution in [1.29, 1.82) is 0 Å². The number of nitro groups is 1. The molecule has 0 spiro atoms. The number of nitro benzene ring substituents is 1. The molecule has 0 aromatic heterocycles. The van der Waals surface area contributed by atoms with Crippen LogP contribution >= 0.6 is 0 Å². The number of rotatable bonds is 4. The first kappa shape index (κ1) is 14.9. The Bertz CT molecular complexity index is 493. The van der Waals surface area contributed by atoms with Crippen LogP contribution < -0.4 is 5.32 Å². The van der Waals surface area contributed by atoms with E-state index in [2.05, 4.69) is 19.2 Å². The Hall–Kier alpha value is -1.49. The molecule has 2 rings (SSSR count). The minimum Gasteiger partial charge on any atom is -0.310 e. The molecule has 1 N–H and O–H groups in total. The van der Waals surface area contributed by atoms with E-state index >= 15 is 0 Å². The first-order chi connectivity index (χ1) is 9.45. The molecule has 3 unspecified atom stereocenters. The molecule has 5 heteroatoms. The van der Waals surface area contributed by atoms with E-state index in [1.54, 1.807) is 0 Å². The predicted molar refractivity (Wildman–Crippen MR) is 75.9 cm³/mol. The summed E-state index contributed by atoms with van der Waals surface area (Å²) in [5, 5.41) is 14.1. The molecule has 0 amide bonds. The van der Waals surface area contributed by atoms with Gasteiger partial charge in [0, 0.05) is 18.7 Å². The van der Waals surface area contributed by atoms with Gasteiger partial charge in [-0.05, 0) is 42.7 Å². The zero-order valence-electron chi connectivity index (χ0n) is 11.9. The van der Waals surface area contributed by atoms with E-state index in [9.17, 15) is 14.5 Å². The minimum absolute atomic E-state index is 0.188. The lowest BCUT2D eigenvalue weighted by molar-refractivity contribution is -0.385. The van der Waals surface area contributed by atoms with Crippen molar-refractivity contribution < 1.29 is 9.31 Å². The van der Waals surface area contributed by atoms with E-state index in [4.69, 9.17) is 0 Å². The van der Waals surface area contributed by atoms with Crippen molar-refractivity contribution in [3.63, 3.8) is 0 Å². The fraction of sp³-hybridized carbons (Fsp3) is 0.600. The predicted octanol–water partition coefficient (Wildman–Crippen LogP) is 3.65. The molecular formula is C15H21FN2O2. The first-order valence-electron chi connectivity index (χ1n) is 7.13. The highest BCUT2D eigenvalue weighted by Crippen LogP contribution is 2.29. The van der Waals surface area contributed by atoms with Gasteiger partial charge in [-0.2, -0.15) is 0 Å². The standard InChI is InChI=1S/C15H21FN2O2/c1-10-3-4-14(5-11(10)2)17-9-12-6-13(16)8-15(7-12)18(19)20/h6-8,10-11,14,17H,3-5,9H2,1-2H3. The van der Waals surface area contributed by atoms with E-state index < -0.39 is 10.7 Å². The molecule has 0 saturated heterocycles. The molecule has 3 atom stereocenters. The van der Waals surface area contributed by atoms with Crippen molar-refractivity contribution in [3.8, 4) is 0 Å². The molecule has 0 aliphatic heterocycles. The van der Waals surface area contributed by atoms with Crippen LogP contribution in [0.5, 0.6) is 0 Å². The van der Waals surface area contributed by atoms with Crippen molar-refractivity contribution in [2.24, 2.45) is 11.8 Å². The zero-order valence-corrected chi connectivity index (χ0v) is 11.9. The van der Waals surface area contributed by atoms with Crippen LogP contribution in [0, 0.1) is 27.8 Å². The SMILES string of the molecule is CC1CCC(NCc2cc(F)cc([N+](=O)[O-])c2)CC1C. The van der Waals surface area contributed by atoms with Crippen LogP contribution in [-0.4, -0.2) is 11.0 Å². The first-order valence-corrected chi connectivity index (χ1v) is 7.13. The number of hydrogen-bond acceptors (Lipinski definition) is 3. The quantitative estimate of drug-likeness (QED) is 0.676. The number of halogens is 1. The molecular weight excluding hydrogens is 259 g/mol. The molecule has 1 fully saturated rings. The lowest BCUT2D eigenvalue weighted by atomic mass is 9.79. The topological polar surface area (TPSA) is 55.2 Å². The Morgan fingerprint density at radius 2 is 2.05 bits per heavy atom. The lowest BCUT2D eigenvalue weighted by Gasteiger charge is -2.32. The lowest BCUT2D eigenvalue weighted by Crippen LogP contribution is -2.35. The highest BCUT2D eigenvalue weighted by atomic mass is 19.1. The second-order valence-corrected chi connectivity index (χ2v) is 5.92. The van der Waals surface area contributed by atoms with Gasteiger partial charge in [0.1, 0.15) is 5.82 Å². The van der Waals surface area contributed by atoms with E-state index in [0.29, 0.717) is 24.1 Å². The maximum absolute atomic E-state index is 13.3. The van der Waals surface area contributed by atoms with E-state index in [1.807, 2.05) is 0 Å². The van der Waals surface area contributed by atoms with Gasteiger partial charge in [-0.15, -0.1) is 0 Å². The van der Waals surface area contributed by atoms with E-state index in [-0.39, 0.29) is 5.69 Å².